The maximum absolute atomic E-state index is 12.1. The van der Waals surface area contributed by atoms with E-state index in [1.54, 1.807) is 23.7 Å². The second-order valence-corrected chi connectivity index (χ2v) is 5.75. The first-order chi connectivity index (χ1) is 12.2. The number of hydrogen-bond acceptors (Lipinski definition) is 7. The van der Waals surface area contributed by atoms with E-state index in [1.165, 1.54) is 6.33 Å². The number of hydrogen-bond donors (Lipinski definition) is 1. The Bertz CT molecular complexity index is 655. The molecule has 9 nitrogen and oxygen atoms in total. The third-order valence-electron chi connectivity index (χ3n) is 3.96. The van der Waals surface area contributed by atoms with Gasteiger partial charge in [0.05, 0.1) is 18.9 Å². The summed E-state index contributed by atoms with van der Waals surface area (Å²) < 4.78 is 12.5. The molecule has 1 fully saturated rings. The minimum atomic E-state index is -0.566. The van der Waals surface area contributed by atoms with E-state index in [4.69, 9.17) is 9.47 Å². The first kappa shape index (κ1) is 17.3. The van der Waals surface area contributed by atoms with Crippen molar-refractivity contribution in [3.05, 3.63) is 30.6 Å². The van der Waals surface area contributed by atoms with Gasteiger partial charge in [-0.3, -0.25) is 9.69 Å². The zero-order valence-electron chi connectivity index (χ0n) is 14.2. The van der Waals surface area contributed by atoms with Crippen LogP contribution in [0.15, 0.2) is 30.6 Å². The maximum atomic E-state index is 12.1. The van der Waals surface area contributed by atoms with Crippen molar-refractivity contribution in [3.8, 4) is 11.4 Å². The molecule has 1 N–H and O–H groups in total. The van der Waals surface area contributed by atoms with Crippen molar-refractivity contribution in [1.82, 2.24) is 30.4 Å². The van der Waals surface area contributed by atoms with Gasteiger partial charge in [-0.1, -0.05) is 0 Å². The van der Waals surface area contributed by atoms with Crippen molar-refractivity contribution >= 4 is 5.91 Å². The second-order valence-electron chi connectivity index (χ2n) is 5.75. The van der Waals surface area contributed by atoms with Gasteiger partial charge < -0.3 is 14.8 Å². The van der Waals surface area contributed by atoms with Gasteiger partial charge in [-0.05, 0) is 41.6 Å². The fourth-order valence-corrected chi connectivity index (χ4v) is 2.52. The first-order valence-electron chi connectivity index (χ1n) is 8.30. The number of ether oxygens (including phenoxy) is 2. The molecule has 0 spiro atoms. The highest BCUT2D eigenvalue weighted by molar-refractivity contribution is 5.80. The number of morpholine rings is 1. The molecule has 0 bridgehead atoms. The molecule has 134 valence electrons. The minimum absolute atomic E-state index is 0.127. The number of rotatable bonds is 7. The highest BCUT2D eigenvalue weighted by Gasteiger charge is 2.15. The van der Waals surface area contributed by atoms with Crippen LogP contribution in [0.2, 0.25) is 0 Å². The molecule has 25 heavy (non-hydrogen) atoms. The topological polar surface area (TPSA) is 94.4 Å². The smallest absolute Gasteiger partial charge is 0.260 e. The number of nitrogens with zero attached hydrogens (tertiary/aromatic N) is 5. The number of carbonyl (C=O) groups is 1. The monoisotopic (exact) mass is 346 g/mol. The summed E-state index contributed by atoms with van der Waals surface area (Å²) >= 11 is 0. The fraction of sp³-hybridized carbons (Fsp3) is 0.500. The SMILES string of the molecule is CC(Oc1ccc(-n2cnnn2)cc1)C(=O)NCCN1CCOCC1. The highest BCUT2D eigenvalue weighted by atomic mass is 16.5. The van der Waals surface area contributed by atoms with Crippen LogP contribution in [0.4, 0.5) is 0 Å². The van der Waals surface area contributed by atoms with Crippen LogP contribution >= 0.6 is 0 Å². The molecule has 1 aromatic heterocycles. The Labute approximate surface area is 145 Å². The second kappa shape index (κ2) is 8.54. The van der Waals surface area contributed by atoms with Gasteiger partial charge in [0.25, 0.3) is 5.91 Å². The summed E-state index contributed by atoms with van der Waals surface area (Å²) in [4.78, 5) is 14.4. The molecule has 1 unspecified atom stereocenters. The quantitative estimate of drug-likeness (QED) is 0.747. The van der Waals surface area contributed by atoms with Gasteiger partial charge in [0.1, 0.15) is 12.1 Å². The molecule has 2 heterocycles. The molecule has 0 saturated carbocycles. The predicted molar refractivity (Wildman–Crippen MR) is 89.5 cm³/mol. The van der Waals surface area contributed by atoms with Gasteiger partial charge >= 0.3 is 0 Å². The molecule has 1 aliphatic heterocycles. The summed E-state index contributed by atoms with van der Waals surface area (Å²) in [7, 11) is 0. The summed E-state index contributed by atoms with van der Waals surface area (Å²) in [5.41, 5.74) is 0.819. The van der Waals surface area contributed by atoms with E-state index < -0.39 is 6.10 Å². The van der Waals surface area contributed by atoms with Crippen molar-refractivity contribution in [2.75, 3.05) is 39.4 Å². The van der Waals surface area contributed by atoms with Crippen molar-refractivity contribution in [3.63, 3.8) is 0 Å². The number of carbonyl (C=O) groups excluding carboxylic acids is 1. The first-order valence-corrected chi connectivity index (χ1v) is 8.30. The lowest BCUT2D eigenvalue weighted by Gasteiger charge is -2.26. The summed E-state index contributed by atoms with van der Waals surface area (Å²) in [5.74, 6) is 0.491. The number of nitrogens with one attached hydrogen (secondary N) is 1. The maximum Gasteiger partial charge on any atom is 0.260 e. The highest BCUT2D eigenvalue weighted by Crippen LogP contribution is 2.15. The van der Waals surface area contributed by atoms with E-state index in [0.717, 1.165) is 38.5 Å². The van der Waals surface area contributed by atoms with E-state index >= 15 is 0 Å². The van der Waals surface area contributed by atoms with Gasteiger partial charge in [0.15, 0.2) is 6.10 Å². The lowest BCUT2D eigenvalue weighted by molar-refractivity contribution is -0.127. The van der Waals surface area contributed by atoms with Gasteiger partial charge in [-0.25, -0.2) is 4.68 Å². The number of benzene rings is 1. The summed E-state index contributed by atoms with van der Waals surface area (Å²) in [6, 6.07) is 7.23. The average molecular weight is 346 g/mol. The average Bonchev–Trinajstić information content (AvgIpc) is 3.18. The van der Waals surface area contributed by atoms with E-state index in [2.05, 4.69) is 25.7 Å². The van der Waals surface area contributed by atoms with E-state index in [9.17, 15) is 4.79 Å². The van der Waals surface area contributed by atoms with E-state index in [0.29, 0.717) is 12.3 Å². The van der Waals surface area contributed by atoms with Crippen molar-refractivity contribution < 1.29 is 14.3 Å². The Morgan fingerprint density at radius 2 is 2.08 bits per heavy atom. The van der Waals surface area contributed by atoms with Crippen LogP contribution in [0.1, 0.15) is 6.92 Å². The molecule has 1 saturated heterocycles. The molecule has 1 aromatic carbocycles. The van der Waals surface area contributed by atoms with E-state index in [1.807, 2.05) is 12.1 Å². The number of aromatic nitrogens is 4. The lowest BCUT2D eigenvalue weighted by atomic mass is 10.3. The number of amides is 1. The van der Waals surface area contributed by atoms with Crippen LogP contribution in [0.3, 0.4) is 0 Å². The Morgan fingerprint density at radius 3 is 2.76 bits per heavy atom. The summed E-state index contributed by atoms with van der Waals surface area (Å²) in [5, 5.41) is 13.9. The van der Waals surface area contributed by atoms with Crippen LogP contribution in [0, 0.1) is 0 Å². The molecular weight excluding hydrogens is 324 g/mol. The molecule has 9 heteroatoms. The zero-order chi connectivity index (χ0) is 17.5. The normalized spacial score (nSPS) is 16.4. The third-order valence-corrected chi connectivity index (χ3v) is 3.96. The standard InChI is InChI=1S/C16H22N6O3/c1-13(16(23)17-6-7-21-8-10-24-11-9-21)25-15-4-2-14(3-5-15)22-12-18-19-20-22/h2-5,12-13H,6-11H2,1H3,(H,17,23). The van der Waals surface area contributed by atoms with Gasteiger partial charge in [-0.15, -0.1) is 5.10 Å². The summed E-state index contributed by atoms with van der Waals surface area (Å²) in [6.45, 7) is 6.50. The van der Waals surface area contributed by atoms with Crippen LogP contribution in [-0.4, -0.2) is 76.5 Å². The Morgan fingerprint density at radius 1 is 1.32 bits per heavy atom. The Kier molecular flexibility index (Phi) is 5.91. The van der Waals surface area contributed by atoms with Gasteiger partial charge in [0.2, 0.25) is 0 Å². The summed E-state index contributed by atoms with van der Waals surface area (Å²) in [6.07, 6.45) is 0.948. The predicted octanol–water partition coefficient (Wildman–Crippen LogP) is -0.122. The molecule has 3 rings (SSSR count). The molecule has 0 radical (unpaired) electrons. The molecular formula is C16H22N6O3. The molecule has 0 aliphatic carbocycles. The lowest BCUT2D eigenvalue weighted by Crippen LogP contribution is -2.43. The minimum Gasteiger partial charge on any atom is -0.481 e. The van der Waals surface area contributed by atoms with Crippen LogP contribution in [-0.2, 0) is 9.53 Å². The molecule has 2 aromatic rings. The van der Waals surface area contributed by atoms with Crippen LogP contribution in [0.25, 0.3) is 5.69 Å². The zero-order valence-corrected chi connectivity index (χ0v) is 14.2. The third kappa shape index (κ3) is 4.97. The van der Waals surface area contributed by atoms with Crippen LogP contribution in [0.5, 0.6) is 5.75 Å². The Hall–Kier alpha value is -2.52. The fourth-order valence-electron chi connectivity index (χ4n) is 2.52. The van der Waals surface area contributed by atoms with E-state index in [-0.39, 0.29) is 5.91 Å². The van der Waals surface area contributed by atoms with Gasteiger partial charge in [-0.2, -0.15) is 0 Å². The van der Waals surface area contributed by atoms with Crippen LogP contribution < -0.4 is 10.1 Å². The van der Waals surface area contributed by atoms with Crippen molar-refractivity contribution in [2.24, 2.45) is 0 Å². The van der Waals surface area contributed by atoms with Crippen molar-refractivity contribution in [2.45, 2.75) is 13.0 Å². The van der Waals surface area contributed by atoms with Gasteiger partial charge in [0, 0.05) is 26.2 Å². The molecule has 1 aliphatic rings. The Balaban J connectivity index is 1.43. The number of tetrazole rings is 1. The molecule has 1 amide bonds. The molecule has 1 atom stereocenters. The van der Waals surface area contributed by atoms with Crippen molar-refractivity contribution in [1.29, 1.82) is 0 Å². The largest absolute Gasteiger partial charge is 0.481 e.